The second-order valence-corrected chi connectivity index (χ2v) is 7.23. The Morgan fingerprint density at radius 3 is 2.85 bits per heavy atom. The lowest BCUT2D eigenvalue weighted by Crippen LogP contribution is -2.66. The van der Waals surface area contributed by atoms with E-state index in [0.29, 0.717) is 30.6 Å². The lowest BCUT2D eigenvalue weighted by molar-refractivity contribution is -0.117. The van der Waals surface area contributed by atoms with Crippen LogP contribution in [-0.2, 0) is 11.8 Å². The van der Waals surface area contributed by atoms with Crippen molar-refractivity contribution in [2.75, 3.05) is 31.6 Å². The van der Waals surface area contributed by atoms with E-state index in [1.165, 1.54) is 0 Å². The third-order valence-electron chi connectivity index (χ3n) is 5.29. The number of rotatable bonds is 5. The number of amides is 1. The number of carbonyl (C=O) groups is 1. The van der Waals surface area contributed by atoms with Gasteiger partial charge in [-0.25, -0.2) is 9.97 Å². The summed E-state index contributed by atoms with van der Waals surface area (Å²) in [5.74, 6) is 1.08. The fourth-order valence-electron chi connectivity index (χ4n) is 3.82. The van der Waals surface area contributed by atoms with Crippen LogP contribution < -0.4 is 5.32 Å². The fraction of sp³-hybridized carbons (Fsp3) is 0.556. The lowest BCUT2D eigenvalue weighted by atomic mass is 9.79. The Labute approximate surface area is 152 Å². The number of anilines is 1. The summed E-state index contributed by atoms with van der Waals surface area (Å²) < 4.78 is 7.70. The van der Waals surface area contributed by atoms with Gasteiger partial charge in [-0.1, -0.05) is 0 Å². The molecule has 8 heteroatoms. The van der Waals surface area contributed by atoms with E-state index in [-0.39, 0.29) is 11.5 Å². The number of aromatic nitrogens is 4. The van der Waals surface area contributed by atoms with Gasteiger partial charge in [-0.05, 0) is 37.3 Å². The minimum atomic E-state index is -0.194. The number of hydrogen-bond acceptors (Lipinski definition) is 6. The molecule has 4 rings (SSSR count). The Morgan fingerprint density at radius 1 is 1.38 bits per heavy atom. The summed E-state index contributed by atoms with van der Waals surface area (Å²) in [5, 5.41) is 7.47. The molecule has 4 heterocycles. The van der Waals surface area contributed by atoms with Gasteiger partial charge in [0.25, 0.3) is 5.91 Å². The molecule has 2 fully saturated rings. The number of carbonyl (C=O) groups excluding carboxylic acids is 1. The van der Waals surface area contributed by atoms with Crippen molar-refractivity contribution in [1.29, 1.82) is 0 Å². The molecule has 0 unspecified atom stereocenters. The maximum atomic E-state index is 12.5. The highest BCUT2D eigenvalue weighted by Crippen LogP contribution is 2.42. The van der Waals surface area contributed by atoms with Crippen molar-refractivity contribution in [2.45, 2.75) is 25.4 Å². The van der Waals surface area contributed by atoms with Crippen molar-refractivity contribution < 1.29 is 9.53 Å². The predicted octanol–water partition coefficient (Wildman–Crippen LogP) is 1.25. The SMILES string of the molecule is Cc1cnc(NCC[C@H]2CCOC23CN(C(=O)c2ccn(C)n2)C3)nc1. The van der Waals surface area contributed by atoms with E-state index in [4.69, 9.17) is 4.74 Å². The first-order valence-corrected chi connectivity index (χ1v) is 9.01. The van der Waals surface area contributed by atoms with Crippen LogP contribution >= 0.6 is 0 Å². The Kier molecular flexibility index (Phi) is 4.36. The minimum Gasteiger partial charge on any atom is -0.371 e. The monoisotopic (exact) mass is 356 g/mol. The molecule has 1 spiro atoms. The fourth-order valence-corrected chi connectivity index (χ4v) is 3.82. The second kappa shape index (κ2) is 6.68. The number of ether oxygens (including phenoxy) is 1. The zero-order valence-corrected chi connectivity index (χ0v) is 15.2. The average Bonchev–Trinajstić information content (AvgIpc) is 3.21. The van der Waals surface area contributed by atoms with Crippen molar-refractivity contribution in [3.05, 3.63) is 35.9 Å². The van der Waals surface area contributed by atoms with E-state index in [1.54, 1.807) is 16.9 Å². The summed E-state index contributed by atoms with van der Waals surface area (Å²) >= 11 is 0. The molecular weight excluding hydrogens is 332 g/mol. The lowest BCUT2D eigenvalue weighted by Gasteiger charge is -2.50. The van der Waals surface area contributed by atoms with E-state index < -0.39 is 0 Å². The highest BCUT2D eigenvalue weighted by atomic mass is 16.5. The van der Waals surface area contributed by atoms with Crippen LogP contribution in [0.5, 0.6) is 0 Å². The average molecular weight is 356 g/mol. The normalized spacial score (nSPS) is 21.0. The first-order chi connectivity index (χ1) is 12.6. The smallest absolute Gasteiger partial charge is 0.274 e. The summed E-state index contributed by atoms with van der Waals surface area (Å²) in [7, 11) is 1.81. The molecule has 0 aliphatic carbocycles. The molecule has 0 saturated carbocycles. The quantitative estimate of drug-likeness (QED) is 0.868. The van der Waals surface area contributed by atoms with Crippen LogP contribution in [0.2, 0.25) is 0 Å². The van der Waals surface area contributed by atoms with E-state index in [2.05, 4.69) is 20.4 Å². The Bertz CT molecular complexity index is 781. The van der Waals surface area contributed by atoms with Crippen LogP contribution in [0.3, 0.4) is 0 Å². The van der Waals surface area contributed by atoms with Gasteiger partial charge in [0.1, 0.15) is 11.3 Å². The molecular formula is C18H24N6O2. The van der Waals surface area contributed by atoms with E-state index in [9.17, 15) is 4.79 Å². The maximum absolute atomic E-state index is 12.5. The van der Waals surface area contributed by atoms with Gasteiger partial charge in [-0.15, -0.1) is 0 Å². The van der Waals surface area contributed by atoms with Gasteiger partial charge in [-0.2, -0.15) is 5.10 Å². The van der Waals surface area contributed by atoms with Gasteiger partial charge >= 0.3 is 0 Å². The van der Waals surface area contributed by atoms with Gasteiger partial charge in [0, 0.05) is 38.8 Å². The van der Waals surface area contributed by atoms with Crippen molar-refractivity contribution in [3.8, 4) is 0 Å². The Balaban J connectivity index is 1.30. The van der Waals surface area contributed by atoms with E-state index in [0.717, 1.165) is 31.6 Å². The standard InChI is InChI=1S/C18H24N6O2/c1-13-9-20-17(21-10-13)19-6-3-14-5-8-26-18(14)11-24(12-18)16(25)15-4-7-23(2)22-15/h4,7,9-10,14H,3,5-6,8,11-12H2,1-2H3,(H,19,20,21)/t14-/m0/s1. The van der Waals surface area contributed by atoms with Crippen molar-refractivity contribution in [2.24, 2.45) is 13.0 Å². The Morgan fingerprint density at radius 2 is 2.15 bits per heavy atom. The summed E-state index contributed by atoms with van der Waals surface area (Å²) in [4.78, 5) is 22.8. The molecule has 1 atom stereocenters. The van der Waals surface area contributed by atoms with Crippen LogP contribution in [-0.4, -0.2) is 62.4 Å². The topological polar surface area (TPSA) is 85.2 Å². The van der Waals surface area contributed by atoms with E-state index >= 15 is 0 Å². The van der Waals surface area contributed by atoms with Crippen molar-refractivity contribution >= 4 is 11.9 Å². The second-order valence-electron chi connectivity index (χ2n) is 7.23. The molecule has 0 aromatic carbocycles. The number of hydrogen-bond donors (Lipinski definition) is 1. The van der Waals surface area contributed by atoms with Gasteiger partial charge in [0.2, 0.25) is 5.95 Å². The summed E-state index contributed by atoms with van der Waals surface area (Å²) in [6.45, 7) is 4.82. The van der Waals surface area contributed by atoms with Crippen molar-refractivity contribution in [1.82, 2.24) is 24.6 Å². The molecule has 1 amide bonds. The van der Waals surface area contributed by atoms with Crippen LogP contribution in [0, 0.1) is 12.8 Å². The summed E-state index contributed by atoms with van der Waals surface area (Å²) in [6.07, 6.45) is 7.41. The van der Waals surface area contributed by atoms with Crippen LogP contribution in [0.15, 0.2) is 24.7 Å². The molecule has 2 aliphatic heterocycles. The largest absolute Gasteiger partial charge is 0.371 e. The Hall–Kier alpha value is -2.48. The molecule has 2 aromatic rings. The predicted molar refractivity (Wildman–Crippen MR) is 95.8 cm³/mol. The van der Waals surface area contributed by atoms with Gasteiger partial charge < -0.3 is 15.0 Å². The molecule has 2 aliphatic rings. The van der Waals surface area contributed by atoms with Gasteiger partial charge in [0.05, 0.1) is 13.1 Å². The molecule has 138 valence electrons. The third-order valence-corrected chi connectivity index (χ3v) is 5.29. The molecule has 2 aromatic heterocycles. The number of likely N-dealkylation sites (tertiary alicyclic amines) is 1. The number of nitrogens with one attached hydrogen (secondary N) is 1. The molecule has 8 nitrogen and oxygen atoms in total. The first kappa shape index (κ1) is 17.0. The van der Waals surface area contributed by atoms with Crippen LogP contribution in [0.1, 0.15) is 28.9 Å². The van der Waals surface area contributed by atoms with Crippen molar-refractivity contribution in [3.63, 3.8) is 0 Å². The van der Waals surface area contributed by atoms with E-state index in [1.807, 2.05) is 31.3 Å². The molecule has 0 radical (unpaired) electrons. The molecule has 26 heavy (non-hydrogen) atoms. The zero-order chi connectivity index (χ0) is 18.1. The number of aryl methyl sites for hydroxylation is 2. The van der Waals surface area contributed by atoms with Gasteiger partial charge in [0.15, 0.2) is 0 Å². The summed E-state index contributed by atoms with van der Waals surface area (Å²) in [6, 6.07) is 1.76. The van der Waals surface area contributed by atoms with Crippen LogP contribution in [0.25, 0.3) is 0 Å². The summed E-state index contributed by atoms with van der Waals surface area (Å²) in [5.41, 5.74) is 1.35. The first-order valence-electron chi connectivity index (χ1n) is 9.01. The highest BCUT2D eigenvalue weighted by Gasteiger charge is 2.54. The highest BCUT2D eigenvalue weighted by molar-refractivity contribution is 5.93. The molecule has 1 N–H and O–H groups in total. The minimum absolute atomic E-state index is 0.0170. The zero-order valence-electron chi connectivity index (χ0n) is 15.2. The third kappa shape index (κ3) is 3.16. The molecule has 0 bridgehead atoms. The maximum Gasteiger partial charge on any atom is 0.274 e. The number of nitrogens with zero attached hydrogens (tertiary/aromatic N) is 5. The van der Waals surface area contributed by atoms with Gasteiger partial charge in [-0.3, -0.25) is 9.48 Å². The molecule has 2 saturated heterocycles. The van der Waals surface area contributed by atoms with Crippen LogP contribution in [0.4, 0.5) is 5.95 Å².